The van der Waals surface area contributed by atoms with Crippen LogP contribution in [0.3, 0.4) is 0 Å². The van der Waals surface area contributed by atoms with Crippen molar-refractivity contribution in [1.82, 2.24) is 5.32 Å². The van der Waals surface area contributed by atoms with Gasteiger partial charge in [-0.25, -0.2) is 8.78 Å². The molecule has 0 heterocycles. The minimum Gasteiger partial charge on any atom is -0.390 e. The van der Waals surface area contributed by atoms with Gasteiger partial charge in [-0.3, -0.25) is 4.79 Å². The second kappa shape index (κ2) is 6.19. The number of aliphatic hydroxyl groups is 1. The molecule has 0 aromatic heterocycles. The molecule has 0 aromatic rings. The number of rotatable bonds is 6. The molecule has 1 amide bonds. The fourth-order valence-corrected chi connectivity index (χ4v) is 1.16. The molecule has 0 fully saturated rings. The third kappa shape index (κ3) is 7.08. The molecule has 0 saturated carbocycles. The van der Waals surface area contributed by atoms with Crippen LogP contribution in [-0.4, -0.2) is 41.1 Å². The van der Waals surface area contributed by atoms with E-state index in [1.165, 1.54) is 11.8 Å². The molecule has 0 saturated heterocycles. The molecule has 0 unspecified atom stereocenters. The summed E-state index contributed by atoms with van der Waals surface area (Å²) in [4.78, 5) is 11.0. The molecule has 14 heavy (non-hydrogen) atoms. The Labute approximate surface area is 86.3 Å². The Balaban J connectivity index is 3.64. The van der Waals surface area contributed by atoms with E-state index < -0.39 is 25.0 Å². The minimum atomic E-state index is -3.22. The highest BCUT2D eigenvalue weighted by Gasteiger charge is 2.27. The molecule has 84 valence electrons. The van der Waals surface area contributed by atoms with Crippen LogP contribution in [0.1, 0.15) is 13.8 Å². The van der Waals surface area contributed by atoms with Crippen LogP contribution in [0.25, 0.3) is 0 Å². The molecular formula is C8H15F2NO2S. The van der Waals surface area contributed by atoms with Gasteiger partial charge in [-0.1, -0.05) is 13.8 Å². The topological polar surface area (TPSA) is 49.3 Å². The Bertz CT molecular complexity index is 188. The van der Waals surface area contributed by atoms with Gasteiger partial charge in [0.05, 0.1) is 12.3 Å². The average Bonchev–Trinajstić information content (AvgIpc) is 2.11. The molecule has 0 spiro atoms. The van der Waals surface area contributed by atoms with Crippen LogP contribution in [-0.2, 0) is 4.79 Å². The molecule has 2 N–H and O–H groups in total. The molecule has 0 atom stereocenters. The summed E-state index contributed by atoms with van der Waals surface area (Å²) in [6, 6.07) is 0. The predicted molar refractivity (Wildman–Crippen MR) is 52.6 cm³/mol. The van der Waals surface area contributed by atoms with E-state index in [1.54, 1.807) is 0 Å². The zero-order chi connectivity index (χ0) is 11.2. The summed E-state index contributed by atoms with van der Waals surface area (Å²) < 4.78 is 24.9. The third-order valence-electron chi connectivity index (χ3n) is 1.32. The maximum absolute atomic E-state index is 12.4. The van der Waals surface area contributed by atoms with Crippen molar-refractivity contribution < 1.29 is 18.7 Å². The zero-order valence-electron chi connectivity index (χ0n) is 8.22. The van der Waals surface area contributed by atoms with Gasteiger partial charge >= 0.3 is 0 Å². The first-order chi connectivity index (χ1) is 6.37. The van der Waals surface area contributed by atoms with Gasteiger partial charge in [-0.2, -0.15) is 0 Å². The molecule has 0 aliphatic heterocycles. The second-order valence-corrected chi connectivity index (χ2v) is 4.72. The fourth-order valence-electron chi connectivity index (χ4n) is 0.577. The van der Waals surface area contributed by atoms with Crippen molar-refractivity contribution in [3.05, 3.63) is 0 Å². The SMILES string of the molecule is CC(C)SCC(=O)NCC(F)(F)CO. The monoisotopic (exact) mass is 227 g/mol. The molecule has 0 bridgehead atoms. The maximum atomic E-state index is 12.4. The van der Waals surface area contributed by atoms with E-state index in [2.05, 4.69) is 5.32 Å². The first-order valence-electron chi connectivity index (χ1n) is 4.24. The Morgan fingerprint density at radius 2 is 2.14 bits per heavy atom. The lowest BCUT2D eigenvalue weighted by molar-refractivity contribution is -0.121. The van der Waals surface area contributed by atoms with E-state index in [1.807, 2.05) is 13.8 Å². The Morgan fingerprint density at radius 1 is 1.57 bits per heavy atom. The van der Waals surface area contributed by atoms with Crippen LogP contribution in [0.15, 0.2) is 0 Å². The smallest absolute Gasteiger partial charge is 0.287 e. The van der Waals surface area contributed by atoms with Crippen molar-refractivity contribution in [1.29, 1.82) is 0 Å². The molecule has 0 radical (unpaired) electrons. The van der Waals surface area contributed by atoms with E-state index in [9.17, 15) is 13.6 Å². The van der Waals surface area contributed by atoms with Gasteiger partial charge in [0.15, 0.2) is 0 Å². The van der Waals surface area contributed by atoms with Crippen LogP contribution in [0, 0.1) is 0 Å². The minimum absolute atomic E-state index is 0.166. The molecule has 0 aliphatic rings. The van der Waals surface area contributed by atoms with Gasteiger partial charge in [0.2, 0.25) is 5.91 Å². The summed E-state index contributed by atoms with van der Waals surface area (Å²) in [5.74, 6) is -3.49. The Morgan fingerprint density at radius 3 is 2.57 bits per heavy atom. The lowest BCUT2D eigenvalue weighted by atomic mass is 10.3. The molecule has 0 rings (SSSR count). The standard InChI is InChI=1S/C8H15F2NO2S/c1-6(2)14-3-7(13)11-4-8(9,10)5-12/h6,12H,3-5H2,1-2H3,(H,11,13). The number of alkyl halides is 2. The van der Waals surface area contributed by atoms with Gasteiger partial charge < -0.3 is 10.4 Å². The second-order valence-electron chi connectivity index (χ2n) is 3.15. The number of hydrogen-bond acceptors (Lipinski definition) is 3. The first kappa shape index (κ1) is 13.6. The fraction of sp³-hybridized carbons (Fsp3) is 0.875. The third-order valence-corrected chi connectivity index (χ3v) is 2.42. The van der Waals surface area contributed by atoms with Crippen LogP contribution in [0.4, 0.5) is 8.78 Å². The van der Waals surface area contributed by atoms with Crippen molar-refractivity contribution in [2.24, 2.45) is 0 Å². The van der Waals surface area contributed by atoms with E-state index in [4.69, 9.17) is 5.11 Å². The van der Waals surface area contributed by atoms with Crippen molar-refractivity contribution in [2.75, 3.05) is 18.9 Å². The number of aliphatic hydroxyl groups excluding tert-OH is 1. The first-order valence-corrected chi connectivity index (χ1v) is 5.29. The van der Waals surface area contributed by atoms with Crippen LogP contribution in [0.2, 0.25) is 0 Å². The van der Waals surface area contributed by atoms with Crippen molar-refractivity contribution in [3.63, 3.8) is 0 Å². The number of thioether (sulfide) groups is 1. The number of amides is 1. The highest BCUT2D eigenvalue weighted by Crippen LogP contribution is 2.11. The Kier molecular flexibility index (Phi) is 6.03. The molecular weight excluding hydrogens is 212 g/mol. The van der Waals surface area contributed by atoms with Gasteiger partial charge in [0.1, 0.15) is 6.61 Å². The van der Waals surface area contributed by atoms with Crippen LogP contribution in [0.5, 0.6) is 0 Å². The molecule has 0 aromatic carbocycles. The molecule has 0 aliphatic carbocycles. The quantitative estimate of drug-likeness (QED) is 0.708. The highest BCUT2D eigenvalue weighted by atomic mass is 32.2. The van der Waals surface area contributed by atoms with Gasteiger partial charge in [0, 0.05) is 0 Å². The number of halogens is 2. The van der Waals surface area contributed by atoms with Gasteiger partial charge in [-0.15, -0.1) is 11.8 Å². The van der Waals surface area contributed by atoms with E-state index in [0.717, 1.165) is 0 Å². The van der Waals surface area contributed by atoms with Crippen molar-refractivity contribution in [2.45, 2.75) is 25.0 Å². The number of carbonyl (C=O) groups is 1. The van der Waals surface area contributed by atoms with E-state index >= 15 is 0 Å². The Hall–Kier alpha value is -0.360. The van der Waals surface area contributed by atoms with Crippen molar-refractivity contribution in [3.8, 4) is 0 Å². The van der Waals surface area contributed by atoms with Crippen LogP contribution >= 0.6 is 11.8 Å². The number of hydrogen-bond donors (Lipinski definition) is 2. The summed E-state index contributed by atoms with van der Waals surface area (Å²) >= 11 is 1.38. The summed E-state index contributed by atoms with van der Waals surface area (Å²) in [6.07, 6.45) is 0. The predicted octanol–water partition coefficient (Wildman–Crippen LogP) is 0.872. The van der Waals surface area contributed by atoms with Gasteiger partial charge in [-0.05, 0) is 5.25 Å². The number of nitrogens with one attached hydrogen (secondary N) is 1. The van der Waals surface area contributed by atoms with E-state index in [0.29, 0.717) is 5.25 Å². The average molecular weight is 227 g/mol. The summed E-state index contributed by atoms with van der Waals surface area (Å²) in [5.41, 5.74) is 0. The largest absolute Gasteiger partial charge is 0.390 e. The summed E-state index contributed by atoms with van der Waals surface area (Å²) in [7, 11) is 0. The van der Waals surface area contributed by atoms with Crippen LogP contribution < -0.4 is 5.32 Å². The van der Waals surface area contributed by atoms with Gasteiger partial charge in [0.25, 0.3) is 5.92 Å². The normalized spacial score (nSPS) is 11.9. The van der Waals surface area contributed by atoms with Crippen molar-refractivity contribution >= 4 is 17.7 Å². The highest BCUT2D eigenvalue weighted by molar-refractivity contribution is 8.00. The number of carbonyl (C=O) groups excluding carboxylic acids is 1. The summed E-state index contributed by atoms with van der Waals surface area (Å²) in [5, 5.41) is 10.6. The molecule has 3 nitrogen and oxygen atoms in total. The zero-order valence-corrected chi connectivity index (χ0v) is 9.03. The lowest BCUT2D eigenvalue weighted by Gasteiger charge is -2.14. The summed E-state index contributed by atoms with van der Waals surface area (Å²) in [6.45, 7) is 1.78. The molecule has 6 heteroatoms. The van der Waals surface area contributed by atoms with E-state index in [-0.39, 0.29) is 5.75 Å². The lowest BCUT2D eigenvalue weighted by Crippen LogP contribution is -2.39. The maximum Gasteiger partial charge on any atom is 0.287 e.